The number of carbonyl (C=O) groups excluding carboxylic acids is 3. The molecule has 0 atom stereocenters. The smallest absolute Gasteiger partial charge is 0.326 e. The zero-order valence-electron chi connectivity index (χ0n) is 11.3. The van der Waals surface area contributed by atoms with Crippen molar-refractivity contribution in [2.24, 2.45) is 11.1 Å². The largest absolute Gasteiger partial charge is 0.465 e. The standard InChI is InChI=1S/C12H19NO6/c1-4-7-8(14)10(13-17)9(11(15)18-5-2)12(16)19-6-3/h9,17H,4-7H2,1-3H3. The molecule has 0 saturated heterocycles. The Kier molecular flexibility index (Phi) is 8.15. The molecule has 0 aliphatic rings. The van der Waals surface area contributed by atoms with Crippen LogP contribution in [0.25, 0.3) is 0 Å². The van der Waals surface area contributed by atoms with Gasteiger partial charge in [0.1, 0.15) is 5.71 Å². The zero-order chi connectivity index (χ0) is 14.8. The second kappa shape index (κ2) is 9.07. The van der Waals surface area contributed by atoms with E-state index in [0.29, 0.717) is 6.42 Å². The molecule has 0 spiro atoms. The number of esters is 2. The summed E-state index contributed by atoms with van der Waals surface area (Å²) in [7, 11) is 0. The Morgan fingerprint density at radius 1 is 1.05 bits per heavy atom. The molecule has 0 aliphatic heterocycles. The molecule has 0 aromatic heterocycles. The Bertz CT molecular complexity index is 345. The van der Waals surface area contributed by atoms with Gasteiger partial charge >= 0.3 is 11.9 Å². The van der Waals surface area contributed by atoms with Gasteiger partial charge in [-0.05, 0) is 20.3 Å². The van der Waals surface area contributed by atoms with E-state index in [4.69, 9.17) is 14.7 Å². The van der Waals surface area contributed by atoms with Crippen LogP contribution in [0, 0.1) is 5.92 Å². The van der Waals surface area contributed by atoms with Gasteiger partial charge in [-0.1, -0.05) is 12.1 Å². The lowest BCUT2D eigenvalue weighted by Crippen LogP contribution is -2.39. The normalized spacial score (nSPS) is 11.3. The number of hydrogen-bond acceptors (Lipinski definition) is 7. The van der Waals surface area contributed by atoms with Crippen LogP contribution in [0.4, 0.5) is 0 Å². The van der Waals surface area contributed by atoms with Crippen LogP contribution >= 0.6 is 0 Å². The molecule has 19 heavy (non-hydrogen) atoms. The molecule has 0 unspecified atom stereocenters. The van der Waals surface area contributed by atoms with Gasteiger partial charge in [0.05, 0.1) is 13.2 Å². The number of oxime groups is 1. The first kappa shape index (κ1) is 17.1. The van der Waals surface area contributed by atoms with E-state index in [2.05, 4.69) is 5.16 Å². The lowest BCUT2D eigenvalue weighted by atomic mass is 9.97. The summed E-state index contributed by atoms with van der Waals surface area (Å²) in [5.74, 6) is -4.14. The molecule has 0 aromatic carbocycles. The van der Waals surface area contributed by atoms with Crippen LogP contribution in [0.5, 0.6) is 0 Å². The van der Waals surface area contributed by atoms with Crippen LogP contribution in [0.1, 0.15) is 33.6 Å². The number of nitrogens with zero attached hydrogens (tertiary/aromatic N) is 1. The van der Waals surface area contributed by atoms with E-state index in [0.717, 1.165) is 0 Å². The summed E-state index contributed by atoms with van der Waals surface area (Å²) in [4.78, 5) is 35.1. The maximum absolute atomic E-state index is 11.7. The number of ether oxygens (including phenoxy) is 2. The maximum atomic E-state index is 11.7. The average molecular weight is 273 g/mol. The van der Waals surface area contributed by atoms with E-state index in [1.165, 1.54) is 0 Å². The van der Waals surface area contributed by atoms with Gasteiger partial charge in [0.2, 0.25) is 5.92 Å². The highest BCUT2D eigenvalue weighted by Crippen LogP contribution is 2.10. The topological polar surface area (TPSA) is 102 Å². The molecule has 0 radical (unpaired) electrons. The predicted molar refractivity (Wildman–Crippen MR) is 65.9 cm³/mol. The molecule has 0 fully saturated rings. The van der Waals surface area contributed by atoms with E-state index in [-0.39, 0.29) is 19.6 Å². The predicted octanol–water partition coefficient (Wildman–Crippen LogP) is 0.928. The molecule has 0 aliphatic carbocycles. The van der Waals surface area contributed by atoms with Crippen molar-refractivity contribution in [2.75, 3.05) is 13.2 Å². The average Bonchev–Trinajstić information content (AvgIpc) is 2.36. The molecular weight excluding hydrogens is 254 g/mol. The fourth-order valence-electron chi connectivity index (χ4n) is 1.40. The highest BCUT2D eigenvalue weighted by Gasteiger charge is 2.38. The van der Waals surface area contributed by atoms with Gasteiger partial charge in [0.25, 0.3) is 0 Å². The van der Waals surface area contributed by atoms with Gasteiger partial charge in [-0.2, -0.15) is 0 Å². The molecule has 108 valence electrons. The molecule has 0 aromatic rings. The SMILES string of the molecule is CCCC(=O)C(=NO)C(C(=O)OCC)C(=O)OCC. The fraction of sp³-hybridized carbons (Fsp3) is 0.667. The zero-order valence-corrected chi connectivity index (χ0v) is 11.3. The minimum absolute atomic E-state index is 0.0371. The van der Waals surface area contributed by atoms with E-state index in [9.17, 15) is 14.4 Å². The minimum Gasteiger partial charge on any atom is -0.465 e. The summed E-state index contributed by atoms with van der Waals surface area (Å²) >= 11 is 0. The molecule has 0 heterocycles. The third-order valence-corrected chi connectivity index (χ3v) is 2.19. The van der Waals surface area contributed by atoms with Crippen LogP contribution in [-0.2, 0) is 23.9 Å². The molecule has 0 bridgehead atoms. The lowest BCUT2D eigenvalue weighted by molar-refractivity contribution is -0.158. The molecule has 1 N–H and O–H groups in total. The quantitative estimate of drug-likeness (QED) is 0.232. The second-order valence-electron chi connectivity index (χ2n) is 3.60. The fourth-order valence-corrected chi connectivity index (χ4v) is 1.40. The van der Waals surface area contributed by atoms with E-state index in [1.54, 1.807) is 20.8 Å². The summed E-state index contributed by atoms with van der Waals surface area (Å²) in [5.41, 5.74) is -0.543. The highest BCUT2D eigenvalue weighted by atomic mass is 16.6. The van der Waals surface area contributed by atoms with Crippen molar-refractivity contribution in [3.63, 3.8) is 0 Å². The van der Waals surface area contributed by atoms with Gasteiger partial charge in [-0.25, -0.2) is 0 Å². The lowest BCUT2D eigenvalue weighted by Gasteiger charge is -2.14. The summed E-state index contributed by atoms with van der Waals surface area (Å²) < 4.78 is 9.40. The molecular formula is C12H19NO6. The van der Waals surface area contributed by atoms with Gasteiger partial charge in [-0.15, -0.1) is 0 Å². The van der Waals surface area contributed by atoms with Gasteiger partial charge in [0, 0.05) is 6.42 Å². The Morgan fingerprint density at radius 2 is 1.53 bits per heavy atom. The Morgan fingerprint density at radius 3 is 1.84 bits per heavy atom. The Hall–Kier alpha value is -1.92. The highest BCUT2D eigenvalue weighted by molar-refractivity contribution is 6.47. The summed E-state index contributed by atoms with van der Waals surface area (Å²) in [5, 5.41) is 11.7. The first-order valence-electron chi connectivity index (χ1n) is 6.11. The van der Waals surface area contributed by atoms with Crippen molar-refractivity contribution >= 4 is 23.4 Å². The number of ketones is 1. The van der Waals surface area contributed by atoms with Gasteiger partial charge in [-0.3, -0.25) is 14.4 Å². The third-order valence-electron chi connectivity index (χ3n) is 2.19. The maximum Gasteiger partial charge on any atom is 0.326 e. The third kappa shape index (κ3) is 5.07. The van der Waals surface area contributed by atoms with Crippen LogP contribution in [0.3, 0.4) is 0 Å². The number of rotatable bonds is 8. The second-order valence-corrected chi connectivity index (χ2v) is 3.60. The Balaban J connectivity index is 5.25. The van der Waals surface area contributed by atoms with E-state index in [1.807, 2.05) is 0 Å². The molecule has 0 rings (SSSR count). The van der Waals surface area contributed by atoms with Crippen molar-refractivity contribution in [1.82, 2.24) is 0 Å². The van der Waals surface area contributed by atoms with E-state index < -0.39 is 29.4 Å². The van der Waals surface area contributed by atoms with E-state index >= 15 is 0 Å². The van der Waals surface area contributed by atoms with Crippen LogP contribution in [-0.4, -0.2) is 41.9 Å². The number of Topliss-reactive ketones (excluding diaryl/α,β-unsaturated/α-hetero) is 1. The minimum atomic E-state index is -1.64. The van der Waals surface area contributed by atoms with Crippen LogP contribution in [0.2, 0.25) is 0 Å². The first-order chi connectivity index (χ1) is 9.03. The summed E-state index contributed by atoms with van der Waals surface area (Å²) in [6.45, 7) is 4.94. The van der Waals surface area contributed by atoms with Gasteiger partial charge < -0.3 is 14.7 Å². The van der Waals surface area contributed by atoms with Crippen molar-refractivity contribution in [1.29, 1.82) is 0 Å². The molecule has 0 amide bonds. The number of carbonyl (C=O) groups is 3. The Labute approximate surface area is 111 Å². The van der Waals surface area contributed by atoms with Crippen molar-refractivity contribution < 1.29 is 29.1 Å². The van der Waals surface area contributed by atoms with Crippen molar-refractivity contribution in [3.8, 4) is 0 Å². The number of hydrogen-bond donors (Lipinski definition) is 1. The van der Waals surface area contributed by atoms with Gasteiger partial charge in [0.15, 0.2) is 5.78 Å². The first-order valence-corrected chi connectivity index (χ1v) is 6.11. The molecule has 7 nitrogen and oxygen atoms in total. The van der Waals surface area contributed by atoms with Crippen LogP contribution < -0.4 is 0 Å². The molecule has 7 heteroatoms. The molecule has 0 saturated carbocycles. The summed E-state index contributed by atoms with van der Waals surface area (Å²) in [6, 6.07) is 0. The van der Waals surface area contributed by atoms with Crippen molar-refractivity contribution in [2.45, 2.75) is 33.6 Å². The van der Waals surface area contributed by atoms with Crippen molar-refractivity contribution in [3.05, 3.63) is 0 Å². The monoisotopic (exact) mass is 273 g/mol. The summed E-state index contributed by atoms with van der Waals surface area (Å²) in [6.07, 6.45) is 0.560. The van der Waals surface area contributed by atoms with Crippen LogP contribution in [0.15, 0.2) is 5.16 Å².